The van der Waals surface area contributed by atoms with Gasteiger partial charge in [0.15, 0.2) is 0 Å². The molecule has 0 unspecified atom stereocenters. The van der Waals surface area contributed by atoms with Crippen LogP contribution in [0.25, 0.3) is 0 Å². The molecule has 0 aromatic heterocycles. The SMILES string of the molecule is COc1cc(C(=O)N[C@@H](C)CO)cc(OC)c1C. The van der Waals surface area contributed by atoms with E-state index in [1.54, 1.807) is 33.3 Å². The summed E-state index contributed by atoms with van der Waals surface area (Å²) in [6.07, 6.45) is 0. The Morgan fingerprint density at radius 2 is 1.83 bits per heavy atom. The monoisotopic (exact) mass is 253 g/mol. The smallest absolute Gasteiger partial charge is 0.251 e. The first-order valence-electron chi connectivity index (χ1n) is 5.67. The number of amides is 1. The molecule has 1 rings (SSSR count). The lowest BCUT2D eigenvalue weighted by molar-refractivity contribution is 0.0921. The van der Waals surface area contributed by atoms with E-state index in [4.69, 9.17) is 14.6 Å². The Hall–Kier alpha value is -1.75. The van der Waals surface area contributed by atoms with Crippen LogP contribution in [-0.4, -0.2) is 37.9 Å². The van der Waals surface area contributed by atoms with E-state index < -0.39 is 0 Å². The van der Waals surface area contributed by atoms with Crippen LogP contribution >= 0.6 is 0 Å². The zero-order valence-electron chi connectivity index (χ0n) is 11.1. The van der Waals surface area contributed by atoms with Crippen LogP contribution in [0.5, 0.6) is 11.5 Å². The first kappa shape index (κ1) is 14.3. The number of aliphatic hydroxyl groups excluding tert-OH is 1. The summed E-state index contributed by atoms with van der Waals surface area (Å²) in [6.45, 7) is 3.47. The molecule has 18 heavy (non-hydrogen) atoms. The van der Waals surface area contributed by atoms with Gasteiger partial charge in [0.1, 0.15) is 11.5 Å². The second-order valence-electron chi connectivity index (χ2n) is 4.06. The molecule has 1 amide bonds. The van der Waals surface area contributed by atoms with Gasteiger partial charge in [0.05, 0.1) is 20.8 Å². The van der Waals surface area contributed by atoms with Gasteiger partial charge in [0, 0.05) is 17.2 Å². The lowest BCUT2D eigenvalue weighted by atomic mass is 10.1. The van der Waals surface area contributed by atoms with E-state index in [2.05, 4.69) is 5.32 Å². The number of carbonyl (C=O) groups is 1. The highest BCUT2D eigenvalue weighted by atomic mass is 16.5. The minimum Gasteiger partial charge on any atom is -0.496 e. The number of aliphatic hydroxyl groups is 1. The molecule has 0 heterocycles. The second kappa shape index (κ2) is 6.26. The first-order valence-corrected chi connectivity index (χ1v) is 5.67. The van der Waals surface area contributed by atoms with Crippen LogP contribution in [0.3, 0.4) is 0 Å². The minimum absolute atomic E-state index is 0.105. The molecule has 0 aliphatic heterocycles. The van der Waals surface area contributed by atoms with E-state index in [0.717, 1.165) is 5.56 Å². The van der Waals surface area contributed by atoms with Gasteiger partial charge in [-0.15, -0.1) is 0 Å². The minimum atomic E-state index is -0.296. The first-order chi connectivity index (χ1) is 8.53. The molecule has 0 bridgehead atoms. The highest BCUT2D eigenvalue weighted by Gasteiger charge is 2.14. The summed E-state index contributed by atoms with van der Waals surface area (Å²) >= 11 is 0. The fourth-order valence-corrected chi connectivity index (χ4v) is 1.57. The molecule has 0 fully saturated rings. The van der Waals surface area contributed by atoms with Crippen LogP contribution in [0, 0.1) is 6.92 Å². The molecule has 0 spiro atoms. The van der Waals surface area contributed by atoms with Crippen molar-refractivity contribution < 1.29 is 19.4 Å². The van der Waals surface area contributed by atoms with Crippen molar-refractivity contribution in [2.75, 3.05) is 20.8 Å². The van der Waals surface area contributed by atoms with Crippen molar-refractivity contribution in [3.63, 3.8) is 0 Å². The molecule has 1 aromatic carbocycles. The summed E-state index contributed by atoms with van der Waals surface area (Å²) in [7, 11) is 3.08. The van der Waals surface area contributed by atoms with Crippen LogP contribution in [-0.2, 0) is 0 Å². The molecule has 5 nitrogen and oxygen atoms in total. The third kappa shape index (κ3) is 3.13. The van der Waals surface area contributed by atoms with Gasteiger partial charge in [0.2, 0.25) is 0 Å². The maximum Gasteiger partial charge on any atom is 0.251 e. The molecular weight excluding hydrogens is 234 g/mol. The number of rotatable bonds is 5. The Balaban J connectivity index is 3.05. The number of ether oxygens (including phenoxy) is 2. The summed E-state index contributed by atoms with van der Waals surface area (Å²) in [5, 5.41) is 11.6. The molecule has 0 radical (unpaired) electrons. The van der Waals surface area contributed by atoms with E-state index in [-0.39, 0.29) is 18.6 Å². The Labute approximate surface area is 107 Å². The number of nitrogens with one attached hydrogen (secondary N) is 1. The Kier molecular flexibility index (Phi) is 4.97. The molecule has 5 heteroatoms. The van der Waals surface area contributed by atoms with Gasteiger partial charge >= 0.3 is 0 Å². The van der Waals surface area contributed by atoms with E-state index in [9.17, 15) is 4.79 Å². The van der Waals surface area contributed by atoms with Crippen molar-refractivity contribution >= 4 is 5.91 Å². The predicted molar refractivity (Wildman–Crippen MR) is 68.3 cm³/mol. The largest absolute Gasteiger partial charge is 0.496 e. The normalized spacial score (nSPS) is 11.8. The van der Waals surface area contributed by atoms with Gasteiger partial charge < -0.3 is 19.9 Å². The molecule has 2 N–H and O–H groups in total. The molecule has 0 saturated heterocycles. The van der Waals surface area contributed by atoms with Gasteiger partial charge in [-0.3, -0.25) is 4.79 Å². The van der Waals surface area contributed by atoms with Crippen LogP contribution < -0.4 is 14.8 Å². The Morgan fingerprint density at radius 1 is 1.33 bits per heavy atom. The maximum atomic E-state index is 11.9. The third-order valence-corrected chi connectivity index (χ3v) is 2.67. The average molecular weight is 253 g/mol. The van der Waals surface area contributed by atoms with Gasteiger partial charge in [-0.1, -0.05) is 0 Å². The summed E-state index contributed by atoms with van der Waals surface area (Å²) in [4.78, 5) is 11.9. The van der Waals surface area contributed by atoms with Crippen molar-refractivity contribution in [1.82, 2.24) is 5.32 Å². The van der Waals surface area contributed by atoms with Crippen molar-refractivity contribution in [2.24, 2.45) is 0 Å². The van der Waals surface area contributed by atoms with Crippen molar-refractivity contribution in [3.8, 4) is 11.5 Å². The number of methoxy groups -OCH3 is 2. The van der Waals surface area contributed by atoms with Gasteiger partial charge in [0.25, 0.3) is 5.91 Å². The zero-order valence-corrected chi connectivity index (χ0v) is 11.1. The summed E-state index contributed by atoms with van der Waals surface area (Å²) in [5.41, 5.74) is 1.28. The van der Waals surface area contributed by atoms with Gasteiger partial charge in [-0.05, 0) is 26.0 Å². The van der Waals surface area contributed by atoms with E-state index in [0.29, 0.717) is 17.1 Å². The Bertz CT molecular complexity index is 406. The molecule has 100 valence electrons. The highest BCUT2D eigenvalue weighted by Crippen LogP contribution is 2.29. The fourth-order valence-electron chi connectivity index (χ4n) is 1.57. The standard InChI is InChI=1S/C13H19NO4/c1-8(7-15)14-13(16)10-5-11(17-3)9(2)12(6-10)18-4/h5-6,8,15H,7H2,1-4H3,(H,14,16)/t8-/m0/s1. The molecule has 0 aliphatic rings. The van der Waals surface area contributed by atoms with E-state index in [1.165, 1.54) is 0 Å². The van der Waals surface area contributed by atoms with Crippen LogP contribution in [0.4, 0.5) is 0 Å². The molecule has 1 atom stereocenters. The second-order valence-corrected chi connectivity index (χ2v) is 4.06. The van der Waals surface area contributed by atoms with Crippen molar-refractivity contribution in [3.05, 3.63) is 23.3 Å². The number of benzene rings is 1. The Morgan fingerprint density at radius 3 is 2.22 bits per heavy atom. The van der Waals surface area contributed by atoms with Crippen LogP contribution in [0.15, 0.2) is 12.1 Å². The topological polar surface area (TPSA) is 67.8 Å². The maximum absolute atomic E-state index is 11.9. The molecule has 0 saturated carbocycles. The van der Waals surface area contributed by atoms with E-state index in [1.807, 2.05) is 6.92 Å². The number of hydrogen-bond donors (Lipinski definition) is 2. The van der Waals surface area contributed by atoms with Crippen molar-refractivity contribution in [1.29, 1.82) is 0 Å². The van der Waals surface area contributed by atoms with E-state index >= 15 is 0 Å². The predicted octanol–water partition coefficient (Wildman–Crippen LogP) is 1.12. The quantitative estimate of drug-likeness (QED) is 0.825. The third-order valence-electron chi connectivity index (χ3n) is 2.67. The molecule has 0 aliphatic carbocycles. The van der Waals surface area contributed by atoms with Crippen LogP contribution in [0.2, 0.25) is 0 Å². The summed E-state index contributed by atoms with van der Waals surface area (Å²) < 4.78 is 10.4. The zero-order chi connectivity index (χ0) is 13.7. The lowest BCUT2D eigenvalue weighted by Gasteiger charge is -2.14. The van der Waals surface area contributed by atoms with Crippen molar-refractivity contribution in [2.45, 2.75) is 19.9 Å². The summed E-state index contributed by atoms with van der Waals surface area (Å²) in [6, 6.07) is 3.00. The number of hydrogen-bond acceptors (Lipinski definition) is 4. The van der Waals surface area contributed by atoms with Crippen LogP contribution in [0.1, 0.15) is 22.8 Å². The molecular formula is C13H19NO4. The molecule has 1 aromatic rings. The summed E-state index contributed by atoms with van der Waals surface area (Å²) in [5.74, 6) is 0.917. The fraction of sp³-hybridized carbons (Fsp3) is 0.462. The highest BCUT2D eigenvalue weighted by molar-refractivity contribution is 5.95. The number of carbonyl (C=O) groups excluding carboxylic acids is 1. The average Bonchev–Trinajstić information content (AvgIpc) is 2.38. The van der Waals surface area contributed by atoms with Gasteiger partial charge in [-0.25, -0.2) is 0 Å². The van der Waals surface area contributed by atoms with Gasteiger partial charge in [-0.2, -0.15) is 0 Å². The lowest BCUT2D eigenvalue weighted by Crippen LogP contribution is -2.35.